The minimum atomic E-state index is -0.532. The molecule has 0 radical (unpaired) electrons. The van der Waals surface area contributed by atoms with Gasteiger partial charge in [-0.05, 0) is 24.6 Å². The number of ketones is 1. The largest absolute Gasteiger partial charge is 0.485 e. The molecule has 0 atom stereocenters. The van der Waals surface area contributed by atoms with Gasteiger partial charge < -0.3 is 4.74 Å². The normalized spacial score (nSPS) is 10.2. The second-order valence-corrected chi connectivity index (χ2v) is 5.34. The highest BCUT2D eigenvalue weighted by Crippen LogP contribution is 2.23. The molecule has 6 heteroatoms. The summed E-state index contributed by atoms with van der Waals surface area (Å²) in [7, 11) is 0. The van der Waals surface area contributed by atoms with Crippen LogP contribution in [0.2, 0.25) is 0 Å². The number of ether oxygens (including phenoxy) is 1. The van der Waals surface area contributed by atoms with Crippen LogP contribution in [-0.2, 0) is 0 Å². The quantitative estimate of drug-likeness (QED) is 0.465. The van der Waals surface area contributed by atoms with Gasteiger partial charge in [-0.25, -0.2) is 0 Å². The van der Waals surface area contributed by atoms with Gasteiger partial charge in [-0.3, -0.25) is 14.9 Å². The van der Waals surface area contributed by atoms with Gasteiger partial charge in [-0.15, -0.1) is 0 Å². The van der Waals surface area contributed by atoms with Crippen molar-refractivity contribution in [2.45, 2.75) is 6.92 Å². The molecule has 0 aliphatic carbocycles. The van der Waals surface area contributed by atoms with E-state index in [4.69, 9.17) is 4.74 Å². The number of non-ortho nitro benzene ring substituents is 1. The van der Waals surface area contributed by atoms with Crippen LogP contribution in [0.3, 0.4) is 0 Å². The van der Waals surface area contributed by atoms with Crippen molar-refractivity contribution in [3.05, 3.63) is 68.2 Å². The maximum atomic E-state index is 12.0. The van der Waals surface area contributed by atoms with Crippen molar-refractivity contribution in [1.82, 2.24) is 0 Å². The number of carbonyl (C=O) groups excluding carboxylic acids is 1. The first-order chi connectivity index (χ1) is 9.97. The number of hydrogen-bond acceptors (Lipinski definition) is 4. The first kappa shape index (κ1) is 15.2. The summed E-state index contributed by atoms with van der Waals surface area (Å²) in [4.78, 5) is 22.2. The molecule has 0 N–H and O–H groups in total. The number of nitrogens with zero attached hydrogens (tertiary/aromatic N) is 1. The second-order valence-electron chi connectivity index (χ2n) is 4.43. The van der Waals surface area contributed by atoms with Gasteiger partial charge in [0.25, 0.3) is 5.69 Å². The van der Waals surface area contributed by atoms with E-state index in [1.807, 2.05) is 19.1 Å². The van der Waals surface area contributed by atoms with E-state index in [2.05, 4.69) is 15.9 Å². The predicted octanol–water partition coefficient (Wildman–Crippen LogP) is 3.93. The number of nitro benzene ring substituents is 1. The van der Waals surface area contributed by atoms with Crippen molar-refractivity contribution in [2.24, 2.45) is 0 Å². The van der Waals surface area contributed by atoms with Gasteiger partial charge in [0, 0.05) is 22.2 Å². The highest BCUT2D eigenvalue weighted by atomic mass is 79.9. The molecule has 2 aromatic rings. The van der Waals surface area contributed by atoms with Crippen LogP contribution in [0.1, 0.15) is 15.9 Å². The molecule has 0 aromatic heterocycles. The predicted molar refractivity (Wildman–Crippen MR) is 81.8 cm³/mol. The minimum absolute atomic E-state index is 0.112. The van der Waals surface area contributed by atoms with Gasteiger partial charge in [0.1, 0.15) is 5.75 Å². The lowest BCUT2D eigenvalue weighted by Gasteiger charge is -2.09. The Hall–Kier alpha value is -2.21. The number of carbonyl (C=O) groups is 1. The molecule has 0 amide bonds. The molecule has 0 unspecified atom stereocenters. The number of halogens is 1. The summed E-state index contributed by atoms with van der Waals surface area (Å²) in [5.74, 6) is 0.293. The molecule has 0 saturated carbocycles. The highest BCUT2D eigenvalue weighted by Gasteiger charge is 2.12. The maximum absolute atomic E-state index is 12.0. The number of Topliss-reactive ketones (excluding diaryl/α,β-unsaturated/α-hetero) is 1. The van der Waals surface area contributed by atoms with Crippen LogP contribution in [0.4, 0.5) is 5.69 Å². The van der Waals surface area contributed by atoms with Crippen molar-refractivity contribution >= 4 is 27.4 Å². The van der Waals surface area contributed by atoms with Gasteiger partial charge in [0.05, 0.1) is 4.92 Å². The van der Waals surface area contributed by atoms with E-state index >= 15 is 0 Å². The van der Waals surface area contributed by atoms with E-state index in [1.54, 1.807) is 6.07 Å². The van der Waals surface area contributed by atoms with Crippen LogP contribution in [0.5, 0.6) is 5.75 Å². The number of rotatable bonds is 5. The molecule has 0 aliphatic heterocycles. The first-order valence-corrected chi connectivity index (χ1v) is 6.93. The zero-order chi connectivity index (χ0) is 15.4. The van der Waals surface area contributed by atoms with Crippen LogP contribution in [0.15, 0.2) is 46.9 Å². The zero-order valence-electron chi connectivity index (χ0n) is 11.2. The van der Waals surface area contributed by atoms with Gasteiger partial charge >= 0.3 is 0 Å². The monoisotopic (exact) mass is 349 g/mol. The van der Waals surface area contributed by atoms with Gasteiger partial charge in [-0.2, -0.15) is 0 Å². The maximum Gasteiger partial charge on any atom is 0.270 e. The van der Waals surface area contributed by atoms with Gasteiger partial charge in [0.15, 0.2) is 12.4 Å². The molecule has 0 bridgehead atoms. The molecule has 0 spiro atoms. The van der Waals surface area contributed by atoms with E-state index in [0.29, 0.717) is 5.75 Å². The van der Waals surface area contributed by atoms with E-state index in [1.165, 1.54) is 24.3 Å². The van der Waals surface area contributed by atoms with Crippen LogP contribution in [-0.4, -0.2) is 17.3 Å². The van der Waals surface area contributed by atoms with E-state index in [0.717, 1.165) is 10.0 Å². The molecule has 0 heterocycles. The lowest BCUT2D eigenvalue weighted by atomic mass is 10.1. The standard InChI is InChI=1S/C15H12BrNO4/c1-10-5-6-12(16)8-15(10)21-9-14(18)11-3-2-4-13(7-11)17(19)20/h2-8H,9H2,1H3. The summed E-state index contributed by atoms with van der Waals surface area (Å²) < 4.78 is 6.34. The van der Waals surface area contributed by atoms with Crippen molar-refractivity contribution in [2.75, 3.05) is 6.61 Å². The van der Waals surface area contributed by atoms with Gasteiger partial charge in [0.2, 0.25) is 0 Å². The van der Waals surface area contributed by atoms with Crippen LogP contribution < -0.4 is 4.74 Å². The molecule has 108 valence electrons. The Morgan fingerprint density at radius 3 is 2.76 bits per heavy atom. The number of benzene rings is 2. The molecule has 5 nitrogen and oxygen atoms in total. The minimum Gasteiger partial charge on any atom is -0.485 e. The van der Waals surface area contributed by atoms with Crippen LogP contribution in [0, 0.1) is 17.0 Å². The molecule has 2 rings (SSSR count). The van der Waals surface area contributed by atoms with E-state index < -0.39 is 4.92 Å². The summed E-state index contributed by atoms with van der Waals surface area (Å²) in [6.45, 7) is 1.71. The van der Waals surface area contributed by atoms with E-state index in [9.17, 15) is 14.9 Å². The summed E-state index contributed by atoms with van der Waals surface area (Å²) in [6.07, 6.45) is 0. The highest BCUT2D eigenvalue weighted by molar-refractivity contribution is 9.10. The lowest BCUT2D eigenvalue weighted by molar-refractivity contribution is -0.384. The van der Waals surface area contributed by atoms with Crippen molar-refractivity contribution in [1.29, 1.82) is 0 Å². The molecular formula is C15H12BrNO4. The Kier molecular flexibility index (Phi) is 4.70. The SMILES string of the molecule is Cc1ccc(Br)cc1OCC(=O)c1cccc([N+](=O)[O-])c1. The smallest absolute Gasteiger partial charge is 0.270 e. The molecule has 0 aliphatic rings. The molecule has 21 heavy (non-hydrogen) atoms. The Labute approximate surface area is 129 Å². The number of aryl methyl sites for hydroxylation is 1. The Bertz CT molecular complexity index is 700. The summed E-state index contributed by atoms with van der Waals surface area (Å²) in [5, 5.41) is 10.7. The van der Waals surface area contributed by atoms with Crippen LogP contribution in [0.25, 0.3) is 0 Å². The van der Waals surface area contributed by atoms with Crippen molar-refractivity contribution < 1.29 is 14.5 Å². The molecular weight excluding hydrogens is 338 g/mol. The topological polar surface area (TPSA) is 69.4 Å². The van der Waals surface area contributed by atoms with Gasteiger partial charge in [-0.1, -0.05) is 34.1 Å². The van der Waals surface area contributed by atoms with E-state index in [-0.39, 0.29) is 23.6 Å². The third kappa shape index (κ3) is 3.88. The average molecular weight is 350 g/mol. The molecule has 0 fully saturated rings. The third-order valence-electron chi connectivity index (χ3n) is 2.89. The van der Waals surface area contributed by atoms with Crippen LogP contribution >= 0.6 is 15.9 Å². The first-order valence-electron chi connectivity index (χ1n) is 6.14. The number of nitro groups is 1. The Morgan fingerprint density at radius 1 is 1.29 bits per heavy atom. The Balaban J connectivity index is 2.10. The molecule has 2 aromatic carbocycles. The second kappa shape index (κ2) is 6.49. The summed E-state index contributed by atoms with van der Waals surface area (Å²) in [5.41, 5.74) is 1.06. The van der Waals surface area contributed by atoms with Crippen molar-refractivity contribution in [3.63, 3.8) is 0 Å². The summed E-state index contributed by atoms with van der Waals surface area (Å²) >= 11 is 3.33. The fourth-order valence-corrected chi connectivity index (χ4v) is 2.09. The zero-order valence-corrected chi connectivity index (χ0v) is 12.8. The lowest BCUT2D eigenvalue weighted by Crippen LogP contribution is -2.12. The number of hydrogen-bond donors (Lipinski definition) is 0. The fraction of sp³-hybridized carbons (Fsp3) is 0.133. The molecule has 0 saturated heterocycles. The fourth-order valence-electron chi connectivity index (χ4n) is 1.75. The summed E-state index contributed by atoms with van der Waals surface area (Å²) in [6, 6.07) is 11.1. The van der Waals surface area contributed by atoms with Crippen molar-refractivity contribution in [3.8, 4) is 5.75 Å². The Morgan fingerprint density at radius 2 is 2.05 bits per heavy atom. The average Bonchev–Trinajstić information content (AvgIpc) is 2.48. The third-order valence-corrected chi connectivity index (χ3v) is 3.38.